The Morgan fingerprint density at radius 3 is 2.58 bits per heavy atom. The molecule has 6 nitrogen and oxygen atoms in total. The van der Waals surface area contributed by atoms with Gasteiger partial charge in [0.1, 0.15) is 23.9 Å². The molecule has 5 aliphatic rings. The lowest BCUT2D eigenvalue weighted by Crippen LogP contribution is -2.64. The van der Waals surface area contributed by atoms with Gasteiger partial charge in [0, 0.05) is 47.5 Å². The second-order valence-electron chi connectivity index (χ2n) is 15.0. The van der Waals surface area contributed by atoms with E-state index in [-0.39, 0.29) is 11.0 Å². The Hall–Kier alpha value is -2.72. The monoisotopic (exact) mass is 586 g/mol. The summed E-state index contributed by atoms with van der Waals surface area (Å²) in [6.45, 7) is 12.0. The molecule has 0 radical (unpaired) electrons. The molecule has 0 amide bonds. The number of halogens is 1. The van der Waals surface area contributed by atoms with Gasteiger partial charge in [0.05, 0.1) is 5.56 Å². The highest BCUT2D eigenvalue weighted by Crippen LogP contribution is 2.51. The summed E-state index contributed by atoms with van der Waals surface area (Å²) in [4.78, 5) is 15.1. The first kappa shape index (κ1) is 30.3. The minimum atomic E-state index is -0.551. The quantitative estimate of drug-likeness (QED) is 0.358. The number of nitrogen functional groups attached to an aromatic ring is 1. The van der Waals surface area contributed by atoms with Crippen molar-refractivity contribution in [2.45, 2.75) is 134 Å². The van der Waals surface area contributed by atoms with Crippen molar-refractivity contribution in [3.8, 4) is 6.07 Å². The van der Waals surface area contributed by atoms with Crippen LogP contribution < -0.4 is 10.6 Å². The van der Waals surface area contributed by atoms with Crippen molar-refractivity contribution in [2.75, 3.05) is 30.3 Å². The maximum absolute atomic E-state index is 12.8. The van der Waals surface area contributed by atoms with Gasteiger partial charge in [-0.2, -0.15) is 5.26 Å². The lowest BCUT2D eigenvalue weighted by Gasteiger charge is -2.60. The SMILES string of the molecule is CC12CCCN1CC(F)C2.CCc1nc2c(c(N3CCC34CCC4)n1)CCC(C)(CCC(C)c1ccc(N)c(C#N)c1)C2. The van der Waals surface area contributed by atoms with E-state index in [1.54, 1.807) is 0 Å². The molecule has 0 bridgehead atoms. The molecule has 2 N–H and O–H groups in total. The van der Waals surface area contributed by atoms with Gasteiger partial charge in [-0.3, -0.25) is 4.90 Å². The van der Waals surface area contributed by atoms with Gasteiger partial charge in [-0.25, -0.2) is 14.4 Å². The van der Waals surface area contributed by atoms with Crippen LogP contribution in [-0.2, 0) is 19.3 Å². The van der Waals surface area contributed by atoms with Gasteiger partial charge < -0.3 is 10.6 Å². The molecule has 1 aromatic carbocycles. The van der Waals surface area contributed by atoms with Crippen LogP contribution in [0.4, 0.5) is 15.9 Å². The Bertz CT molecular complexity index is 1380. The van der Waals surface area contributed by atoms with Crippen LogP contribution in [0, 0.1) is 16.7 Å². The molecule has 3 saturated heterocycles. The predicted molar refractivity (Wildman–Crippen MR) is 172 cm³/mol. The van der Waals surface area contributed by atoms with Gasteiger partial charge in [-0.05, 0) is 120 Å². The Morgan fingerprint density at radius 2 is 1.93 bits per heavy atom. The molecular weight excluding hydrogens is 535 g/mol. The van der Waals surface area contributed by atoms with Crippen LogP contribution in [0.25, 0.3) is 0 Å². The lowest BCUT2D eigenvalue weighted by atomic mass is 9.67. The zero-order valence-corrected chi connectivity index (χ0v) is 26.9. The van der Waals surface area contributed by atoms with Crippen LogP contribution in [0.15, 0.2) is 18.2 Å². The van der Waals surface area contributed by atoms with Crippen LogP contribution in [0.5, 0.6) is 0 Å². The van der Waals surface area contributed by atoms with Crippen molar-refractivity contribution >= 4 is 11.5 Å². The first-order chi connectivity index (χ1) is 20.6. The molecule has 43 heavy (non-hydrogen) atoms. The number of nitrogens with zero attached hydrogens (tertiary/aromatic N) is 5. The minimum Gasteiger partial charge on any atom is -0.398 e. The topological polar surface area (TPSA) is 82.1 Å². The van der Waals surface area contributed by atoms with Gasteiger partial charge in [-0.15, -0.1) is 0 Å². The van der Waals surface area contributed by atoms with E-state index in [0.29, 0.717) is 29.3 Å². The van der Waals surface area contributed by atoms with Gasteiger partial charge in [-0.1, -0.05) is 26.8 Å². The number of aryl methyl sites for hydroxylation is 1. The van der Waals surface area contributed by atoms with E-state index in [2.05, 4.69) is 49.6 Å². The molecule has 1 saturated carbocycles. The average Bonchev–Trinajstić information content (AvgIpc) is 3.43. The molecule has 232 valence electrons. The second kappa shape index (κ2) is 11.7. The maximum Gasteiger partial charge on any atom is 0.136 e. The Morgan fingerprint density at radius 1 is 1.12 bits per heavy atom. The second-order valence-corrected chi connectivity index (χ2v) is 15.0. The highest BCUT2D eigenvalue weighted by atomic mass is 19.1. The van der Waals surface area contributed by atoms with Gasteiger partial charge in [0.15, 0.2) is 0 Å². The summed E-state index contributed by atoms with van der Waals surface area (Å²) in [6, 6.07) is 8.14. The largest absolute Gasteiger partial charge is 0.398 e. The zero-order valence-electron chi connectivity index (χ0n) is 26.9. The fraction of sp³-hybridized carbons (Fsp3) is 0.694. The van der Waals surface area contributed by atoms with E-state index in [4.69, 9.17) is 15.7 Å². The molecular formula is C36H51FN6. The summed E-state index contributed by atoms with van der Waals surface area (Å²) >= 11 is 0. The molecule has 2 aliphatic carbocycles. The molecule has 7 rings (SSSR count). The number of hydrogen-bond acceptors (Lipinski definition) is 6. The van der Waals surface area contributed by atoms with Crippen molar-refractivity contribution < 1.29 is 4.39 Å². The van der Waals surface area contributed by atoms with Crippen molar-refractivity contribution in [3.63, 3.8) is 0 Å². The molecule has 1 spiro atoms. The number of alkyl halides is 1. The van der Waals surface area contributed by atoms with Crippen LogP contribution in [-0.4, -0.2) is 51.8 Å². The van der Waals surface area contributed by atoms with Crippen LogP contribution >= 0.6 is 0 Å². The molecule has 4 unspecified atom stereocenters. The smallest absolute Gasteiger partial charge is 0.136 e. The summed E-state index contributed by atoms with van der Waals surface area (Å²) in [7, 11) is 0. The highest BCUT2D eigenvalue weighted by molar-refractivity contribution is 5.57. The summed E-state index contributed by atoms with van der Waals surface area (Å²) < 4.78 is 12.8. The number of hydrogen-bond donors (Lipinski definition) is 1. The third-order valence-corrected chi connectivity index (χ3v) is 11.9. The van der Waals surface area contributed by atoms with Crippen LogP contribution in [0.3, 0.4) is 0 Å². The normalized spacial score (nSPS) is 29.5. The first-order valence-corrected chi connectivity index (χ1v) is 16.9. The summed E-state index contributed by atoms with van der Waals surface area (Å²) in [5.74, 6) is 2.68. The van der Waals surface area contributed by atoms with Crippen molar-refractivity contribution in [1.82, 2.24) is 14.9 Å². The lowest BCUT2D eigenvalue weighted by molar-refractivity contribution is 0.149. The maximum atomic E-state index is 12.8. The Labute approximate surface area is 258 Å². The molecule has 4 fully saturated rings. The third-order valence-electron chi connectivity index (χ3n) is 11.9. The third kappa shape index (κ3) is 5.77. The number of fused-ring (bicyclic) bond motifs is 2. The fourth-order valence-electron chi connectivity index (χ4n) is 8.57. The van der Waals surface area contributed by atoms with Crippen LogP contribution in [0.1, 0.15) is 126 Å². The highest BCUT2D eigenvalue weighted by Gasteiger charge is 2.51. The van der Waals surface area contributed by atoms with E-state index >= 15 is 0 Å². The molecule has 3 aliphatic heterocycles. The predicted octanol–water partition coefficient (Wildman–Crippen LogP) is 7.29. The molecule has 2 aromatic rings. The van der Waals surface area contributed by atoms with Gasteiger partial charge in [0.2, 0.25) is 0 Å². The molecule has 4 atom stereocenters. The molecule has 4 heterocycles. The van der Waals surface area contributed by atoms with Gasteiger partial charge >= 0.3 is 0 Å². The van der Waals surface area contributed by atoms with E-state index in [1.165, 1.54) is 67.6 Å². The number of benzene rings is 1. The molecule has 1 aromatic heterocycles. The Kier molecular flexibility index (Phi) is 8.21. The van der Waals surface area contributed by atoms with Crippen LogP contribution in [0.2, 0.25) is 0 Å². The zero-order chi connectivity index (χ0) is 30.4. The van der Waals surface area contributed by atoms with Crippen molar-refractivity contribution in [3.05, 3.63) is 46.4 Å². The first-order valence-electron chi connectivity index (χ1n) is 16.9. The summed E-state index contributed by atoms with van der Waals surface area (Å²) in [5, 5.41) is 9.32. The number of anilines is 2. The summed E-state index contributed by atoms with van der Waals surface area (Å²) in [6.07, 6.45) is 14.6. The number of nitrogens with two attached hydrogens (primary N) is 1. The minimum absolute atomic E-state index is 0.236. The van der Waals surface area contributed by atoms with Crippen molar-refractivity contribution in [1.29, 1.82) is 5.26 Å². The number of rotatable bonds is 6. The summed E-state index contributed by atoms with van der Waals surface area (Å²) in [5.41, 5.74) is 11.9. The van der Waals surface area contributed by atoms with E-state index in [9.17, 15) is 9.65 Å². The Balaban J connectivity index is 0.000000277. The van der Waals surface area contributed by atoms with E-state index < -0.39 is 6.17 Å². The van der Waals surface area contributed by atoms with Gasteiger partial charge in [0.25, 0.3) is 0 Å². The molecule has 7 heteroatoms. The average molecular weight is 587 g/mol. The van der Waals surface area contributed by atoms with E-state index in [0.717, 1.165) is 57.4 Å². The standard InChI is InChI=1S/C28H37N5.C8H14FN/c1-4-25-31-24-17-27(3,12-8-19(2)20-6-7-23(30)21(16-20)18-29)13-9-22(24)26(32-25)33-15-14-28(33)10-5-11-28;1-8-3-2-4-10(8)6-7(9)5-8/h6-7,16,19H,4-5,8-15,17,30H2,1-3H3;7H,2-6H2,1H3. The van der Waals surface area contributed by atoms with E-state index in [1.807, 2.05) is 12.1 Å². The number of nitriles is 1. The van der Waals surface area contributed by atoms with Crippen molar-refractivity contribution in [2.24, 2.45) is 5.41 Å². The fourth-order valence-corrected chi connectivity index (χ4v) is 8.57. The number of aromatic nitrogens is 2.